The monoisotopic (exact) mass is 362 g/mol. The summed E-state index contributed by atoms with van der Waals surface area (Å²) in [6.45, 7) is 1.71. The minimum atomic E-state index is -0.990. The number of halogens is 1. The van der Waals surface area contributed by atoms with Crippen LogP contribution in [0.2, 0.25) is 0 Å². The van der Waals surface area contributed by atoms with E-state index in [1.807, 2.05) is 0 Å². The highest BCUT2D eigenvalue weighted by Gasteiger charge is 2.08. The fourth-order valence-electron chi connectivity index (χ4n) is 1.98. The number of rotatable bonds is 5. The number of anilines is 1. The number of nitrogens with one attached hydrogen (secondary N) is 1. The van der Waals surface area contributed by atoms with Gasteiger partial charge in [-0.15, -0.1) is 22.6 Å². The van der Waals surface area contributed by atoms with Gasteiger partial charge in [0, 0.05) is 5.56 Å². The molecule has 25 heavy (non-hydrogen) atoms. The topological polar surface area (TPSA) is 132 Å². The highest BCUT2D eigenvalue weighted by molar-refractivity contribution is 5.89. The Morgan fingerprint density at radius 1 is 1.36 bits per heavy atom. The number of hydrogen-bond acceptors (Lipinski definition) is 7. The van der Waals surface area contributed by atoms with Gasteiger partial charge in [0.15, 0.2) is 5.82 Å². The molecule has 0 saturated heterocycles. The normalized spacial score (nSPS) is 10.6. The average Bonchev–Trinajstić information content (AvgIpc) is 3.17. The summed E-state index contributed by atoms with van der Waals surface area (Å²) in [5, 5.41) is 20.6. The van der Waals surface area contributed by atoms with Crippen molar-refractivity contribution >= 4 is 30.5 Å². The van der Waals surface area contributed by atoms with E-state index < -0.39 is 5.97 Å². The van der Waals surface area contributed by atoms with Gasteiger partial charge < -0.3 is 15.4 Å². The van der Waals surface area contributed by atoms with Gasteiger partial charge in [0.2, 0.25) is 0 Å². The standard InChI is InChI=1S/C15H14N6O3.ClH/c1-9-18-20-15(21(9)16)19-17-8-12-5-6-13(24-12)10-3-2-4-11(7-10)14(22)23;/h2-8H,16H2,1H3,(H,19,20)(H,22,23);1H. The van der Waals surface area contributed by atoms with Crippen LogP contribution in [0.3, 0.4) is 0 Å². The second kappa shape index (κ2) is 7.49. The third kappa shape index (κ3) is 3.96. The summed E-state index contributed by atoms with van der Waals surface area (Å²) >= 11 is 0. The minimum Gasteiger partial charge on any atom is -0.478 e. The molecule has 0 fully saturated rings. The predicted octanol–water partition coefficient (Wildman–Crippen LogP) is 2.13. The molecule has 2 heterocycles. The number of nitrogen functional groups attached to an aromatic ring is 1. The Kier molecular flexibility index (Phi) is 5.40. The molecule has 0 unspecified atom stereocenters. The second-order valence-electron chi connectivity index (χ2n) is 4.90. The van der Waals surface area contributed by atoms with Crippen LogP contribution in [-0.4, -0.2) is 32.2 Å². The van der Waals surface area contributed by atoms with Gasteiger partial charge in [0.05, 0.1) is 11.8 Å². The van der Waals surface area contributed by atoms with E-state index in [2.05, 4.69) is 20.7 Å². The Morgan fingerprint density at radius 3 is 2.84 bits per heavy atom. The van der Waals surface area contributed by atoms with Crippen molar-refractivity contribution in [3.05, 3.63) is 53.5 Å². The van der Waals surface area contributed by atoms with Crippen LogP contribution in [0.4, 0.5) is 5.95 Å². The number of carboxylic acid groups (broad SMARTS) is 1. The molecule has 10 heteroatoms. The van der Waals surface area contributed by atoms with Crippen molar-refractivity contribution in [2.24, 2.45) is 5.10 Å². The molecule has 0 atom stereocenters. The molecule has 0 bridgehead atoms. The molecule has 0 amide bonds. The van der Waals surface area contributed by atoms with E-state index in [1.54, 1.807) is 37.3 Å². The molecule has 4 N–H and O–H groups in total. The SMILES string of the molecule is Cc1nnc(NN=Cc2ccc(-c3cccc(C(=O)O)c3)o2)n1N.Cl. The smallest absolute Gasteiger partial charge is 0.335 e. The Hall–Kier alpha value is -3.33. The van der Waals surface area contributed by atoms with Crippen molar-refractivity contribution in [1.82, 2.24) is 14.9 Å². The summed E-state index contributed by atoms with van der Waals surface area (Å²) in [5.41, 5.74) is 3.51. The number of nitrogens with two attached hydrogens (primary N) is 1. The highest BCUT2D eigenvalue weighted by atomic mass is 35.5. The Labute approximate surface area is 148 Å². The molecule has 3 rings (SSSR count). The van der Waals surface area contributed by atoms with Crippen LogP contribution in [0.15, 0.2) is 45.9 Å². The highest BCUT2D eigenvalue weighted by Crippen LogP contribution is 2.22. The molecule has 0 saturated carbocycles. The van der Waals surface area contributed by atoms with Gasteiger partial charge in [0.25, 0.3) is 5.95 Å². The summed E-state index contributed by atoms with van der Waals surface area (Å²) in [7, 11) is 0. The van der Waals surface area contributed by atoms with Gasteiger partial charge in [-0.3, -0.25) is 0 Å². The Morgan fingerprint density at radius 2 is 2.16 bits per heavy atom. The molecular formula is C15H15ClN6O3. The van der Waals surface area contributed by atoms with Crippen LogP contribution in [0.25, 0.3) is 11.3 Å². The zero-order valence-electron chi connectivity index (χ0n) is 13.1. The van der Waals surface area contributed by atoms with Gasteiger partial charge >= 0.3 is 5.97 Å². The number of aryl methyl sites for hydroxylation is 1. The first-order chi connectivity index (χ1) is 11.5. The van der Waals surface area contributed by atoms with E-state index in [9.17, 15) is 4.79 Å². The van der Waals surface area contributed by atoms with Crippen LogP contribution in [0.5, 0.6) is 0 Å². The van der Waals surface area contributed by atoms with E-state index in [4.69, 9.17) is 15.4 Å². The van der Waals surface area contributed by atoms with Gasteiger partial charge in [-0.1, -0.05) is 12.1 Å². The maximum absolute atomic E-state index is 11.0. The van der Waals surface area contributed by atoms with Crippen molar-refractivity contribution in [2.45, 2.75) is 6.92 Å². The van der Waals surface area contributed by atoms with Gasteiger partial charge in [-0.2, -0.15) is 5.10 Å². The molecule has 3 aromatic rings. The van der Waals surface area contributed by atoms with E-state index in [-0.39, 0.29) is 18.0 Å². The lowest BCUT2D eigenvalue weighted by Crippen LogP contribution is -2.13. The van der Waals surface area contributed by atoms with Crippen molar-refractivity contribution < 1.29 is 14.3 Å². The van der Waals surface area contributed by atoms with E-state index in [1.165, 1.54) is 17.0 Å². The van der Waals surface area contributed by atoms with Crippen LogP contribution >= 0.6 is 12.4 Å². The Balaban J connectivity index is 0.00000225. The molecule has 0 aliphatic carbocycles. The summed E-state index contributed by atoms with van der Waals surface area (Å²) in [6.07, 6.45) is 1.45. The number of hydrogen-bond donors (Lipinski definition) is 3. The molecule has 0 spiro atoms. The minimum absolute atomic E-state index is 0. The van der Waals surface area contributed by atoms with Crippen LogP contribution < -0.4 is 11.3 Å². The molecule has 2 aromatic heterocycles. The molecule has 9 nitrogen and oxygen atoms in total. The molecule has 1 aromatic carbocycles. The van der Waals surface area contributed by atoms with Gasteiger partial charge in [-0.05, 0) is 31.2 Å². The predicted molar refractivity (Wildman–Crippen MR) is 94.5 cm³/mol. The summed E-state index contributed by atoms with van der Waals surface area (Å²) < 4.78 is 6.89. The average molecular weight is 363 g/mol. The third-order valence-electron chi connectivity index (χ3n) is 3.24. The number of furan rings is 1. The number of benzene rings is 1. The van der Waals surface area contributed by atoms with Crippen molar-refractivity contribution in [2.75, 3.05) is 11.3 Å². The fraction of sp³-hybridized carbons (Fsp3) is 0.0667. The van der Waals surface area contributed by atoms with E-state index in [0.717, 1.165) is 0 Å². The second-order valence-corrected chi connectivity index (χ2v) is 4.90. The van der Waals surface area contributed by atoms with E-state index >= 15 is 0 Å². The number of aromatic carboxylic acids is 1. The van der Waals surface area contributed by atoms with Crippen LogP contribution in [0.1, 0.15) is 21.9 Å². The summed E-state index contributed by atoms with van der Waals surface area (Å²) in [5.74, 6) is 6.56. The number of hydrazone groups is 1. The number of aromatic nitrogens is 3. The zero-order chi connectivity index (χ0) is 17.1. The quantitative estimate of drug-likeness (QED) is 0.360. The van der Waals surface area contributed by atoms with Crippen LogP contribution in [0, 0.1) is 6.92 Å². The molecular weight excluding hydrogens is 348 g/mol. The maximum Gasteiger partial charge on any atom is 0.335 e. The largest absolute Gasteiger partial charge is 0.478 e. The summed E-state index contributed by atoms with van der Waals surface area (Å²) in [6, 6.07) is 9.94. The molecule has 0 aliphatic rings. The van der Waals surface area contributed by atoms with Crippen molar-refractivity contribution in [3.8, 4) is 11.3 Å². The molecule has 130 valence electrons. The fourth-order valence-corrected chi connectivity index (χ4v) is 1.98. The lowest BCUT2D eigenvalue weighted by atomic mass is 10.1. The van der Waals surface area contributed by atoms with Crippen molar-refractivity contribution in [3.63, 3.8) is 0 Å². The lowest BCUT2D eigenvalue weighted by molar-refractivity contribution is 0.0697. The first kappa shape index (κ1) is 18.0. The lowest BCUT2D eigenvalue weighted by Gasteiger charge is -1.99. The zero-order valence-corrected chi connectivity index (χ0v) is 13.9. The third-order valence-corrected chi connectivity index (χ3v) is 3.24. The number of carbonyl (C=O) groups is 1. The van der Waals surface area contributed by atoms with E-state index in [0.29, 0.717) is 28.9 Å². The molecule has 0 radical (unpaired) electrons. The van der Waals surface area contributed by atoms with Crippen LogP contribution in [-0.2, 0) is 0 Å². The Bertz CT molecular complexity index is 918. The molecule has 0 aliphatic heterocycles. The number of carboxylic acids is 1. The summed E-state index contributed by atoms with van der Waals surface area (Å²) in [4.78, 5) is 11.0. The first-order valence-corrected chi connectivity index (χ1v) is 6.94. The van der Waals surface area contributed by atoms with Gasteiger partial charge in [-0.25, -0.2) is 14.9 Å². The number of nitrogens with zero attached hydrogens (tertiary/aromatic N) is 4. The maximum atomic E-state index is 11.0. The van der Waals surface area contributed by atoms with Crippen molar-refractivity contribution in [1.29, 1.82) is 0 Å². The first-order valence-electron chi connectivity index (χ1n) is 6.94. The van der Waals surface area contributed by atoms with Gasteiger partial charge in [0.1, 0.15) is 11.5 Å².